The van der Waals surface area contributed by atoms with Gasteiger partial charge >= 0.3 is 0 Å². The molecule has 27 heavy (non-hydrogen) atoms. The highest BCUT2D eigenvalue weighted by molar-refractivity contribution is 5.77. The molecule has 0 saturated heterocycles. The van der Waals surface area contributed by atoms with Gasteiger partial charge in [-0.15, -0.1) is 0 Å². The molecule has 1 aliphatic rings. The van der Waals surface area contributed by atoms with Gasteiger partial charge in [0, 0.05) is 19.6 Å². The van der Waals surface area contributed by atoms with Gasteiger partial charge in [-0.3, -0.25) is 4.79 Å². The molecule has 1 fully saturated rings. The third-order valence-electron chi connectivity index (χ3n) is 4.49. The number of phenols is 1. The fourth-order valence-electron chi connectivity index (χ4n) is 2.94. The monoisotopic (exact) mass is 364 g/mol. The molecule has 1 saturated carbocycles. The molecule has 1 aromatic heterocycles. The number of hydrogen-bond acceptors (Lipinski definition) is 4. The van der Waals surface area contributed by atoms with E-state index in [1.165, 1.54) is 0 Å². The second-order valence-corrected chi connectivity index (χ2v) is 6.47. The van der Waals surface area contributed by atoms with Gasteiger partial charge in [-0.25, -0.2) is 4.68 Å². The Bertz CT molecular complexity index is 911. The van der Waals surface area contributed by atoms with Crippen molar-refractivity contribution in [2.45, 2.75) is 25.7 Å². The first-order valence-corrected chi connectivity index (χ1v) is 9.09. The third-order valence-corrected chi connectivity index (χ3v) is 4.49. The minimum atomic E-state index is 0.244. The van der Waals surface area contributed by atoms with E-state index in [2.05, 4.69) is 9.84 Å². The van der Waals surface area contributed by atoms with Crippen molar-refractivity contribution in [3.05, 3.63) is 66.0 Å². The molecule has 1 N–H and O–H groups in total. The fourth-order valence-corrected chi connectivity index (χ4v) is 2.94. The van der Waals surface area contributed by atoms with E-state index in [1.54, 1.807) is 25.4 Å². The smallest absolute Gasteiger partial charge is 0.153 e. The van der Waals surface area contributed by atoms with Crippen molar-refractivity contribution in [2.24, 2.45) is 0 Å². The largest absolute Gasteiger partial charge is 0.508 e. The van der Waals surface area contributed by atoms with Crippen LogP contribution in [0.1, 0.15) is 41.7 Å². The summed E-state index contributed by atoms with van der Waals surface area (Å²) in [7, 11) is 1.68. The summed E-state index contributed by atoms with van der Waals surface area (Å²) in [6.45, 7) is 2.78. The van der Waals surface area contributed by atoms with Crippen molar-refractivity contribution in [1.82, 2.24) is 9.78 Å². The molecule has 0 radical (unpaired) electrons. The molecule has 5 heteroatoms. The van der Waals surface area contributed by atoms with Crippen LogP contribution >= 0.6 is 0 Å². The molecule has 0 spiro atoms. The molecule has 140 valence electrons. The van der Waals surface area contributed by atoms with Crippen LogP contribution in [-0.4, -0.2) is 34.9 Å². The predicted octanol–water partition coefficient (Wildman–Crippen LogP) is 4.59. The lowest BCUT2D eigenvalue weighted by molar-refractivity contribution is 0.112. The van der Waals surface area contributed by atoms with E-state index in [0.29, 0.717) is 11.5 Å². The zero-order chi connectivity index (χ0) is 19.2. The molecule has 1 heterocycles. The minimum Gasteiger partial charge on any atom is -0.508 e. The van der Waals surface area contributed by atoms with E-state index >= 15 is 0 Å². The quantitative estimate of drug-likeness (QED) is 0.673. The molecule has 0 aliphatic heterocycles. The van der Waals surface area contributed by atoms with Gasteiger partial charge in [-0.2, -0.15) is 5.10 Å². The average Bonchev–Trinajstić information content (AvgIpc) is 3.46. The van der Waals surface area contributed by atoms with Gasteiger partial charge in [-0.05, 0) is 55.2 Å². The number of hydrogen-bond donors (Lipinski definition) is 1. The number of aldehydes is 1. The number of rotatable bonds is 5. The highest BCUT2D eigenvalue weighted by Crippen LogP contribution is 2.42. The zero-order valence-corrected chi connectivity index (χ0v) is 15.6. The number of carbonyl (C=O) groups is 1. The Morgan fingerprint density at radius 2 is 1.85 bits per heavy atom. The van der Waals surface area contributed by atoms with Crippen molar-refractivity contribution < 1.29 is 14.6 Å². The summed E-state index contributed by atoms with van der Waals surface area (Å²) in [5, 5.41) is 14.1. The number of aromatic hydroxyl groups is 1. The van der Waals surface area contributed by atoms with Crippen LogP contribution in [0.2, 0.25) is 0 Å². The Balaban J connectivity index is 0.000000481. The molecule has 0 atom stereocenters. The summed E-state index contributed by atoms with van der Waals surface area (Å²) in [6.07, 6.45) is 4.75. The molecular weight excluding hydrogens is 340 g/mol. The van der Waals surface area contributed by atoms with Gasteiger partial charge in [0.1, 0.15) is 5.75 Å². The molecule has 0 amide bonds. The molecule has 2 aromatic carbocycles. The SMILES string of the molecule is CCOC.O=Cc1cnn(-c2cccc(-c3cccc(O)c3)c2)c1C1CC1. The van der Waals surface area contributed by atoms with Crippen LogP contribution < -0.4 is 0 Å². The lowest BCUT2D eigenvalue weighted by atomic mass is 10.0. The number of methoxy groups -OCH3 is 1. The lowest BCUT2D eigenvalue weighted by Gasteiger charge is -2.10. The maximum atomic E-state index is 11.2. The normalized spacial score (nSPS) is 13.0. The first-order chi connectivity index (χ1) is 13.2. The average molecular weight is 364 g/mol. The Morgan fingerprint density at radius 1 is 1.19 bits per heavy atom. The van der Waals surface area contributed by atoms with Gasteiger partial charge in [0.25, 0.3) is 0 Å². The van der Waals surface area contributed by atoms with Crippen LogP contribution in [0, 0.1) is 0 Å². The number of benzene rings is 2. The lowest BCUT2D eigenvalue weighted by Crippen LogP contribution is -2.02. The molecule has 0 bridgehead atoms. The summed E-state index contributed by atoms with van der Waals surface area (Å²) >= 11 is 0. The Morgan fingerprint density at radius 3 is 2.44 bits per heavy atom. The van der Waals surface area contributed by atoms with Crippen molar-refractivity contribution in [1.29, 1.82) is 0 Å². The van der Waals surface area contributed by atoms with Crippen LogP contribution in [0.15, 0.2) is 54.7 Å². The van der Waals surface area contributed by atoms with E-state index in [-0.39, 0.29) is 5.75 Å². The van der Waals surface area contributed by atoms with Crippen LogP contribution in [-0.2, 0) is 4.74 Å². The Hall–Kier alpha value is -2.92. The van der Waals surface area contributed by atoms with Crippen molar-refractivity contribution in [2.75, 3.05) is 13.7 Å². The van der Waals surface area contributed by atoms with E-state index in [1.807, 2.05) is 48.0 Å². The summed E-state index contributed by atoms with van der Waals surface area (Å²) in [5.74, 6) is 0.677. The molecular formula is C22H24N2O3. The number of ether oxygens (including phenoxy) is 1. The van der Waals surface area contributed by atoms with Crippen LogP contribution in [0.3, 0.4) is 0 Å². The zero-order valence-electron chi connectivity index (χ0n) is 15.6. The first kappa shape index (κ1) is 18.9. The molecule has 5 nitrogen and oxygen atoms in total. The second-order valence-electron chi connectivity index (χ2n) is 6.47. The van der Waals surface area contributed by atoms with Gasteiger partial charge in [0.05, 0.1) is 23.1 Å². The summed E-state index contributed by atoms with van der Waals surface area (Å²) < 4.78 is 6.41. The van der Waals surface area contributed by atoms with Crippen molar-refractivity contribution in [3.8, 4) is 22.6 Å². The van der Waals surface area contributed by atoms with Crippen LogP contribution in [0.4, 0.5) is 0 Å². The standard InChI is InChI=1S/C19H16N2O2.C3H8O/c22-12-16-11-20-21(19(16)13-7-8-13)17-5-1-3-14(9-17)15-4-2-6-18(23)10-15;1-3-4-2/h1-6,9-13,23H,7-8H2;3H2,1-2H3. The number of phenolic OH excluding ortho intramolecular Hbond substituents is 1. The van der Waals surface area contributed by atoms with Gasteiger partial charge in [-0.1, -0.05) is 24.3 Å². The maximum Gasteiger partial charge on any atom is 0.153 e. The Labute approximate surface area is 159 Å². The summed E-state index contributed by atoms with van der Waals surface area (Å²) in [6, 6.07) is 15.2. The maximum absolute atomic E-state index is 11.2. The Kier molecular flexibility index (Phi) is 6.04. The summed E-state index contributed by atoms with van der Waals surface area (Å²) in [5.41, 5.74) is 4.56. The number of carbonyl (C=O) groups excluding carboxylic acids is 1. The number of aromatic nitrogens is 2. The molecule has 1 aliphatic carbocycles. The molecule has 0 unspecified atom stereocenters. The number of nitrogens with zero attached hydrogens (tertiary/aromatic N) is 2. The van der Waals surface area contributed by atoms with E-state index in [4.69, 9.17) is 0 Å². The van der Waals surface area contributed by atoms with Crippen LogP contribution in [0.5, 0.6) is 5.75 Å². The van der Waals surface area contributed by atoms with Gasteiger partial charge < -0.3 is 9.84 Å². The highest BCUT2D eigenvalue weighted by atomic mass is 16.5. The van der Waals surface area contributed by atoms with Gasteiger partial charge in [0.2, 0.25) is 0 Å². The molecule has 4 rings (SSSR count). The van der Waals surface area contributed by atoms with Crippen LogP contribution in [0.25, 0.3) is 16.8 Å². The fraction of sp³-hybridized carbons (Fsp3) is 0.273. The third kappa shape index (κ3) is 4.44. The predicted molar refractivity (Wildman–Crippen MR) is 106 cm³/mol. The van der Waals surface area contributed by atoms with E-state index in [0.717, 1.165) is 48.2 Å². The van der Waals surface area contributed by atoms with Crippen molar-refractivity contribution >= 4 is 6.29 Å². The highest BCUT2D eigenvalue weighted by Gasteiger charge is 2.30. The van der Waals surface area contributed by atoms with E-state index in [9.17, 15) is 9.90 Å². The topological polar surface area (TPSA) is 64.3 Å². The van der Waals surface area contributed by atoms with Crippen molar-refractivity contribution in [3.63, 3.8) is 0 Å². The van der Waals surface area contributed by atoms with E-state index < -0.39 is 0 Å². The first-order valence-electron chi connectivity index (χ1n) is 9.09. The second kappa shape index (κ2) is 8.64. The minimum absolute atomic E-state index is 0.244. The summed E-state index contributed by atoms with van der Waals surface area (Å²) in [4.78, 5) is 11.2. The van der Waals surface area contributed by atoms with Gasteiger partial charge in [0.15, 0.2) is 6.29 Å². The molecule has 3 aromatic rings.